The maximum atomic E-state index is 2.35. The fourth-order valence-corrected chi connectivity index (χ4v) is 7.50. The van der Waals surface area contributed by atoms with Crippen LogP contribution in [0.4, 0.5) is 34.1 Å². The number of hydrogen-bond donors (Lipinski definition) is 0. The van der Waals surface area contributed by atoms with E-state index in [4.69, 9.17) is 0 Å². The van der Waals surface area contributed by atoms with E-state index in [2.05, 4.69) is 256 Å². The molecular weight excluding hydrogens is 701 g/mol. The molecule has 2 nitrogen and oxygen atoms in total. The average Bonchev–Trinajstić information content (AvgIpc) is 3.26. The Hall–Kier alpha value is -7.16. The van der Waals surface area contributed by atoms with Gasteiger partial charge in [-0.2, -0.15) is 0 Å². The number of aryl methyl sites for hydroxylation is 4. The second-order valence-corrected chi connectivity index (χ2v) is 14.9. The van der Waals surface area contributed by atoms with Crippen LogP contribution in [-0.2, 0) is 0 Å². The van der Waals surface area contributed by atoms with Crippen molar-refractivity contribution in [3.63, 3.8) is 0 Å². The summed E-state index contributed by atoms with van der Waals surface area (Å²) in [6.45, 7) is 8.69. The molecular formula is C56H48N2. The minimum absolute atomic E-state index is 1.14. The lowest BCUT2D eigenvalue weighted by molar-refractivity contribution is 1.22. The molecule has 8 rings (SSSR count). The van der Waals surface area contributed by atoms with E-state index in [9.17, 15) is 0 Å². The van der Waals surface area contributed by atoms with Crippen molar-refractivity contribution in [3.8, 4) is 11.1 Å². The highest BCUT2D eigenvalue weighted by Crippen LogP contribution is 2.39. The van der Waals surface area contributed by atoms with Gasteiger partial charge < -0.3 is 9.80 Å². The molecule has 0 aliphatic carbocycles. The maximum absolute atomic E-state index is 2.35. The zero-order valence-corrected chi connectivity index (χ0v) is 33.7. The molecule has 0 saturated carbocycles. The van der Waals surface area contributed by atoms with Gasteiger partial charge in [-0.05, 0) is 132 Å². The summed E-state index contributed by atoms with van der Waals surface area (Å²) in [6.07, 6.45) is 8.73. The van der Waals surface area contributed by atoms with Crippen molar-refractivity contribution in [2.75, 3.05) is 9.80 Å². The van der Waals surface area contributed by atoms with Crippen LogP contribution in [0.3, 0.4) is 0 Å². The Labute approximate surface area is 344 Å². The second-order valence-electron chi connectivity index (χ2n) is 14.9. The summed E-state index contributed by atoms with van der Waals surface area (Å²) in [7, 11) is 0. The highest BCUT2D eigenvalue weighted by atomic mass is 15.2. The van der Waals surface area contributed by atoms with Crippen LogP contribution in [0.5, 0.6) is 0 Å². The van der Waals surface area contributed by atoms with E-state index in [0.29, 0.717) is 0 Å². The van der Waals surface area contributed by atoms with E-state index in [0.717, 1.165) is 22.5 Å². The standard InChI is InChI=1S/C56H48N2/c1-41-13-5-9-17-53(41)57(54-18-10-6-14-42(54)2)51-37-29-47(30-38-51)23-21-45-25-33-49(34-26-45)50-35-27-46(28-36-50)22-24-48-31-39-52(40-32-48)58(55-19-11-7-15-43(55)3)56-20-12-8-16-44(56)4/h5-40H,1-4H3. The molecule has 0 unspecified atom stereocenters. The van der Waals surface area contributed by atoms with Gasteiger partial charge in [0, 0.05) is 34.1 Å². The molecule has 0 fully saturated rings. The molecule has 0 amide bonds. The lowest BCUT2D eigenvalue weighted by Crippen LogP contribution is -2.12. The van der Waals surface area contributed by atoms with Crippen LogP contribution in [0.15, 0.2) is 194 Å². The molecule has 0 bridgehead atoms. The third kappa shape index (κ3) is 8.48. The molecule has 58 heavy (non-hydrogen) atoms. The number of hydrogen-bond acceptors (Lipinski definition) is 2. The highest BCUT2D eigenvalue weighted by Gasteiger charge is 2.17. The third-order valence-corrected chi connectivity index (χ3v) is 10.8. The summed E-state index contributed by atoms with van der Waals surface area (Å²) >= 11 is 0. The summed E-state index contributed by atoms with van der Waals surface area (Å²) < 4.78 is 0. The van der Waals surface area contributed by atoms with E-state index in [1.54, 1.807) is 0 Å². The summed E-state index contributed by atoms with van der Waals surface area (Å²) in [4.78, 5) is 4.71. The van der Waals surface area contributed by atoms with Gasteiger partial charge in [0.05, 0.1) is 0 Å². The van der Waals surface area contributed by atoms with Crippen LogP contribution in [0.25, 0.3) is 35.4 Å². The second kappa shape index (κ2) is 17.3. The van der Waals surface area contributed by atoms with Crippen molar-refractivity contribution in [1.82, 2.24) is 0 Å². The van der Waals surface area contributed by atoms with Gasteiger partial charge in [0.1, 0.15) is 0 Å². The smallest absolute Gasteiger partial charge is 0.0490 e. The number of para-hydroxylation sites is 4. The number of benzene rings is 8. The number of nitrogens with zero attached hydrogens (tertiary/aromatic N) is 2. The van der Waals surface area contributed by atoms with E-state index in [1.807, 2.05) is 0 Å². The molecule has 2 heteroatoms. The molecule has 282 valence electrons. The van der Waals surface area contributed by atoms with E-state index >= 15 is 0 Å². The van der Waals surface area contributed by atoms with Gasteiger partial charge in [0.25, 0.3) is 0 Å². The Morgan fingerprint density at radius 2 is 0.483 bits per heavy atom. The first-order valence-corrected chi connectivity index (χ1v) is 20.0. The average molecular weight is 749 g/mol. The SMILES string of the molecule is Cc1ccccc1N(c1ccc(C=Cc2ccc(-c3ccc(C=Cc4ccc(N(c5ccccc5C)c5ccccc5C)cc4)cc3)cc2)cc1)c1ccccc1C. The molecule has 0 aliphatic heterocycles. The van der Waals surface area contributed by atoms with E-state index in [1.165, 1.54) is 67.3 Å². The Balaban J connectivity index is 0.922. The molecule has 0 aliphatic rings. The quantitative estimate of drug-likeness (QED) is 0.122. The van der Waals surface area contributed by atoms with Gasteiger partial charge in [-0.15, -0.1) is 0 Å². The molecule has 0 heterocycles. The maximum Gasteiger partial charge on any atom is 0.0490 e. The normalized spacial score (nSPS) is 11.3. The number of anilines is 6. The van der Waals surface area contributed by atoms with Crippen LogP contribution in [0.2, 0.25) is 0 Å². The molecule has 8 aromatic rings. The Kier molecular flexibility index (Phi) is 11.3. The predicted octanol–water partition coefficient (Wildman–Crippen LogP) is 15.9. The Morgan fingerprint density at radius 3 is 0.724 bits per heavy atom. The summed E-state index contributed by atoms with van der Waals surface area (Å²) in [5, 5.41) is 0. The van der Waals surface area contributed by atoms with Gasteiger partial charge >= 0.3 is 0 Å². The molecule has 0 saturated heterocycles. The molecule has 0 atom stereocenters. The van der Waals surface area contributed by atoms with Gasteiger partial charge in [0.2, 0.25) is 0 Å². The molecule has 0 aromatic heterocycles. The van der Waals surface area contributed by atoms with Crippen molar-refractivity contribution in [2.24, 2.45) is 0 Å². The zero-order valence-electron chi connectivity index (χ0n) is 33.7. The zero-order chi connectivity index (χ0) is 39.8. The topological polar surface area (TPSA) is 6.48 Å². The Bertz CT molecular complexity index is 2400. The van der Waals surface area contributed by atoms with Gasteiger partial charge in [-0.25, -0.2) is 0 Å². The Morgan fingerprint density at radius 1 is 0.259 bits per heavy atom. The highest BCUT2D eigenvalue weighted by molar-refractivity contribution is 5.83. The summed E-state index contributed by atoms with van der Waals surface area (Å²) in [5.74, 6) is 0. The first-order valence-electron chi connectivity index (χ1n) is 20.0. The number of rotatable bonds is 11. The van der Waals surface area contributed by atoms with E-state index < -0.39 is 0 Å². The molecule has 0 N–H and O–H groups in total. The van der Waals surface area contributed by atoms with Crippen molar-refractivity contribution >= 4 is 58.4 Å². The van der Waals surface area contributed by atoms with Crippen LogP contribution < -0.4 is 9.80 Å². The minimum Gasteiger partial charge on any atom is -0.310 e. The van der Waals surface area contributed by atoms with Crippen LogP contribution >= 0.6 is 0 Å². The van der Waals surface area contributed by atoms with E-state index in [-0.39, 0.29) is 0 Å². The van der Waals surface area contributed by atoms with Crippen LogP contribution in [0, 0.1) is 27.7 Å². The van der Waals surface area contributed by atoms with Crippen molar-refractivity contribution in [3.05, 3.63) is 239 Å². The first-order chi connectivity index (χ1) is 28.4. The van der Waals surface area contributed by atoms with Crippen molar-refractivity contribution in [1.29, 1.82) is 0 Å². The van der Waals surface area contributed by atoms with Gasteiger partial charge in [0.15, 0.2) is 0 Å². The molecule has 0 radical (unpaired) electrons. The predicted molar refractivity (Wildman–Crippen MR) is 251 cm³/mol. The monoisotopic (exact) mass is 748 g/mol. The third-order valence-electron chi connectivity index (χ3n) is 10.8. The van der Waals surface area contributed by atoms with Gasteiger partial charge in [-0.3, -0.25) is 0 Å². The van der Waals surface area contributed by atoms with Crippen LogP contribution in [-0.4, -0.2) is 0 Å². The largest absolute Gasteiger partial charge is 0.310 e. The first kappa shape index (κ1) is 37.7. The van der Waals surface area contributed by atoms with Gasteiger partial charge in [-0.1, -0.05) is 170 Å². The molecule has 0 spiro atoms. The summed E-state index contributed by atoms with van der Waals surface area (Å²) in [6, 6.07) is 69.5. The fourth-order valence-electron chi connectivity index (χ4n) is 7.50. The fraction of sp³-hybridized carbons (Fsp3) is 0.0714. The van der Waals surface area contributed by atoms with Crippen molar-refractivity contribution < 1.29 is 0 Å². The lowest BCUT2D eigenvalue weighted by atomic mass is 10.0. The summed E-state index contributed by atoms with van der Waals surface area (Å²) in [5.41, 5.74) is 19.0. The lowest BCUT2D eigenvalue weighted by Gasteiger charge is -2.28. The minimum atomic E-state index is 1.14. The molecule has 8 aromatic carbocycles. The van der Waals surface area contributed by atoms with Crippen LogP contribution in [0.1, 0.15) is 44.5 Å². The van der Waals surface area contributed by atoms with Crippen molar-refractivity contribution in [2.45, 2.75) is 27.7 Å².